The second kappa shape index (κ2) is 9.74. The fourth-order valence-electron chi connectivity index (χ4n) is 5.27. The lowest BCUT2D eigenvalue weighted by molar-refractivity contribution is -0.139. The van der Waals surface area contributed by atoms with Crippen LogP contribution in [0.15, 0.2) is 42.5 Å². The topological polar surface area (TPSA) is 55.8 Å². The molecule has 1 aliphatic heterocycles. The molecule has 2 aromatic rings. The Hall–Kier alpha value is -1.70. The van der Waals surface area contributed by atoms with Crippen molar-refractivity contribution >= 4 is 48.7 Å². The van der Waals surface area contributed by atoms with Gasteiger partial charge < -0.3 is 9.47 Å². The zero-order valence-corrected chi connectivity index (χ0v) is 22.6. The lowest BCUT2D eigenvalue weighted by atomic mass is 9.59. The van der Waals surface area contributed by atoms with E-state index < -0.39 is 25.5 Å². The number of carbonyl (C=O) groups is 2. The van der Waals surface area contributed by atoms with Crippen molar-refractivity contribution in [3.05, 3.63) is 63.6 Å². The monoisotopic (exact) mass is 519 g/mol. The lowest BCUT2D eigenvalue weighted by Gasteiger charge is -2.45. The number of nitrogens with zero attached hydrogens (tertiary/aromatic N) is 1. The summed E-state index contributed by atoms with van der Waals surface area (Å²) in [6.07, 6.45) is -0.207. The number of benzene rings is 2. The average Bonchev–Trinajstić information content (AvgIpc) is 3.00. The number of ketones is 1. The number of carbonyl (C=O) groups excluding carboxylic acids is 2. The summed E-state index contributed by atoms with van der Waals surface area (Å²) in [7, 11) is 0.291. The highest BCUT2D eigenvalue weighted by atomic mass is 35.5. The number of methoxy groups -OCH3 is 1. The third kappa shape index (κ3) is 4.59. The Morgan fingerprint density at radius 1 is 1.06 bits per heavy atom. The lowest BCUT2D eigenvalue weighted by Crippen LogP contribution is -2.57. The molecule has 3 unspecified atom stereocenters. The predicted molar refractivity (Wildman–Crippen MR) is 139 cm³/mol. The molecule has 1 amide bonds. The van der Waals surface area contributed by atoms with Crippen LogP contribution in [0.4, 0.5) is 5.69 Å². The molecular formula is C26H31Cl2NO4Si. The Balaban J connectivity index is 1.81. The van der Waals surface area contributed by atoms with E-state index in [4.69, 9.17) is 32.7 Å². The molecule has 2 aliphatic rings. The molecule has 3 atom stereocenters. The summed E-state index contributed by atoms with van der Waals surface area (Å²) in [6, 6.07) is 13.9. The molecule has 0 radical (unpaired) electrons. The Morgan fingerprint density at radius 3 is 2.47 bits per heavy atom. The highest BCUT2D eigenvalue weighted by Gasteiger charge is 2.63. The number of amides is 1. The van der Waals surface area contributed by atoms with Crippen molar-refractivity contribution in [1.82, 2.24) is 0 Å². The van der Waals surface area contributed by atoms with Crippen molar-refractivity contribution in [1.29, 1.82) is 0 Å². The number of hydrogen-bond donors (Lipinski definition) is 0. The molecule has 0 aromatic heterocycles. The van der Waals surface area contributed by atoms with Crippen LogP contribution in [0, 0.1) is 0 Å². The van der Waals surface area contributed by atoms with Crippen LogP contribution in [0.25, 0.3) is 0 Å². The van der Waals surface area contributed by atoms with Gasteiger partial charge in [-0.1, -0.05) is 61.0 Å². The standard InChI is InChI=1S/C26H31Cl2NO4Si/c1-32-24-15-20(30)14-22(17-6-5-7-18(27)12-17)26(24)21-9-8-19(28)13-23(21)29(25(26)31)16-33-10-11-34(2,3)4/h5-9,12-13,22,24H,10-11,14-16H2,1-4H3. The van der Waals surface area contributed by atoms with E-state index in [-0.39, 0.29) is 31.3 Å². The van der Waals surface area contributed by atoms with Gasteiger partial charge in [-0.15, -0.1) is 0 Å². The highest BCUT2D eigenvalue weighted by Crippen LogP contribution is 2.57. The molecule has 1 heterocycles. The van der Waals surface area contributed by atoms with Gasteiger partial charge in [0.15, 0.2) is 0 Å². The summed E-state index contributed by atoms with van der Waals surface area (Å²) in [6.45, 7) is 7.59. The van der Waals surface area contributed by atoms with Gasteiger partial charge in [-0.2, -0.15) is 0 Å². The van der Waals surface area contributed by atoms with E-state index in [1.807, 2.05) is 30.3 Å². The maximum absolute atomic E-state index is 14.4. The fraction of sp³-hybridized carbons (Fsp3) is 0.462. The zero-order chi connectivity index (χ0) is 24.7. The summed E-state index contributed by atoms with van der Waals surface area (Å²) in [4.78, 5) is 28.9. The number of Topliss-reactive ketones (excluding diaryl/α,β-unsaturated/α-hetero) is 1. The van der Waals surface area contributed by atoms with E-state index in [1.165, 1.54) is 0 Å². The second-order valence-electron chi connectivity index (χ2n) is 10.4. The number of rotatable bonds is 7. The van der Waals surface area contributed by atoms with E-state index in [2.05, 4.69) is 19.6 Å². The van der Waals surface area contributed by atoms with Crippen LogP contribution in [-0.2, 0) is 24.5 Å². The maximum Gasteiger partial charge on any atom is 0.242 e. The molecule has 1 aliphatic carbocycles. The van der Waals surface area contributed by atoms with Gasteiger partial charge in [-0.25, -0.2) is 0 Å². The van der Waals surface area contributed by atoms with E-state index in [0.29, 0.717) is 22.3 Å². The molecule has 0 N–H and O–H groups in total. The van der Waals surface area contributed by atoms with Crippen molar-refractivity contribution in [2.24, 2.45) is 0 Å². The van der Waals surface area contributed by atoms with E-state index in [0.717, 1.165) is 17.2 Å². The molecule has 34 heavy (non-hydrogen) atoms. The molecule has 5 nitrogen and oxygen atoms in total. The van der Waals surface area contributed by atoms with Gasteiger partial charge in [-0.05, 0) is 41.4 Å². The molecule has 4 rings (SSSR count). The SMILES string of the molecule is COC1CC(=O)CC(c2cccc(Cl)c2)C12C(=O)N(COCC[Si](C)(C)C)c1cc(Cl)ccc12. The van der Waals surface area contributed by atoms with Gasteiger partial charge in [0.1, 0.15) is 17.9 Å². The van der Waals surface area contributed by atoms with Crippen molar-refractivity contribution in [3.63, 3.8) is 0 Å². The smallest absolute Gasteiger partial charge is 0.242 e. The summed E-state index contributed by atoms with van der Waals surface area (Å²) in [5, 5.41) is 1.10. The molecule has 8 heteroatoms. The first-order chi connectivity index (χ1) is 16.1. The molecular weight excluding hydrogens is 489 g/mol. The number of fused-ring (bicyclic) bond motifs is 2. The minimum atomic E-state index is -1.27. The highest BCUT2D eigenvalue weighted by molar-refractivity contribution is 6.76. The van der Waals surface area contributed by atoms with Crippen LogP contribution in [0.2, 0.25) is 35.7 Å². The molecule has 1 spiro atoms. The van der Waals surface area contributed by atoms with Crippen molar-refractivity contribution < 1.29 is 19.1 Å². The van der Waals surface area contributed by atoms with Gasteiger partial charge in [0, 0.05) is 50.6 Å². The van der Waals surface area contributed by atoms with Crippen LogP contribution in [0.1, 0.15) is 29.9 Å². The third-order valence-corrected chi connectivity index (χ3v) is 9.12. The van der Waals surface area contributed by atoms with Crippen molar-refractivity contribution in [2.45, 2.75) is 56.0 Å². The number of ether oxygens (including phenoxy) is 2. The number of anilines is 1. The first kappa shape index (κ1) is 25.4. The summed E-state index contributed by atoms with van der Waals surface area (Å²) >= 11 is 12.7. The Bertz CT molecular complexity index is 1100. The summed E-state index contributed by atoms with van der Waals surface area (Å²) < 4.78 is 11.9. The Kier molecular flexibility index (Phi) is 7.28. The normalized spacial score (nSPS) is 24.7. The van der Waals surface area contributed by atoms with Crippen LogP contribution in [0.5, 0.6) is 0 Å². The van der Waals surface area contributed by atoms with E-state index in [1.54, 1.807) is 24.1 Å². The summed E-state index contributed by atoms with van der Waals surface area (Å²) in [5.74, 6) is -0.477. The van der Waals surface area contributed by atoms with Crippen LogP contribution >= 0.6 is 23.2 Å². The average molecular weight is 521 g/mol. The van der Waals surface area contributed by atoms with Crippen LogP contribution in [0.3, 0.4) is 0 Å². The quantitative estimate of drug-likeness (QED) is 0.329. The number of halogens is 2. The molecule has 2 aromatic carbocycles. The molecule has 1 saturated carbocycles. The Labute approximate surface area is 212 Å². The van der Waals surface area contributed by atoms with Crippen LogP contribution in [-0.4, -0.2) is 46.3 Å². The second-order valence-corrected chi connectivity index (χ2v) is 16.9. The van der Waals surface area contributed by atoms with E-state index in [9.17, 15) is 9.59 Å². The van der Waals surface area contributed by atoms with Gasteiger partial charge in [0.05, 0.1) is 11.8 Å². The predicted octanol–water partition coefficient (Wildman–Crippen LogP) is 6.05. The van der Waals surface area contributed by atoms with Crippen molar-refractivity contribution in [3.8, 4) is 0 Å². The first-order valence-corrected chi connectivity index (χ1v) is 16.0. The molecule has 0 saturated heterocycles. The minimum absolute atomic E-state index is 0.0654. The first-order valence-electron chi connectivity index (χ1n) is 11.6. The van der Waals surface area contributed by atoms with Gasteiger partial charge >= 0.3 is 0 Å². The summed E-state index contributed by atoms with van der Waals surface area (Å²) in [5.41, 5.74) is 1.31. The van der Waals surface area contributed by atoms with Gasteiger partial charge in [0.25, 0.3) is 0 Å². The molecule has 182 valence electrons. The third-order valence-electron chi connectivity index (χ3n) is 6.95. The fourth-order valence-corrected chi connectivity index (χ4v) is 6.40. The minimum Gasteiger partial charge on any atom is -0.379 e. The maximum atomic E-state index is 14.4. The number of hydrogen-bond acceptors (Lipinski definition) is 4. The van der Waals surface area contributed by atoms with Crippen LogP contribution < -0.4 is 4.90 Å². The largest absolute Gasteiger partial charge is 0.379 e. The van der Waals surface area contributed by atoms with E-state index >= 15 is 0 Å². The van der Waals surface area contributed by atoms with Gasteiger partial charge in [0.2, 0.25) is 5.91 Å². The Morgan fingerprint density at radius 2 is 1.79 bits per heavy atom. The molecule has 1 fully saturated rings. The van der Waals surface area contributed by atoms with Gasteiger partial charge in [-0.3, -0.25) is 14.5 Å². The van der Waals surface area contributed by atoms with Crippen molar-refractivity contribution in [2.75, 3.05) is 25.3 Å². The zero-order valence-electron chi connectivity index (χ0n) is 20.1. The molecule has 0 bridgehead atoms.